The zero-order valence-corrected chi connectivity index (χ0v) is 14.2. The van der Waals surface area contributed by atoms with Crippen LogP contribution in [0.15, 0.2) is 59.6 Å². The van der Waals surface area contributed by atoms with Crippen LogP contribution in [0.4, 0.5) is 11.4 Å². The van der Waals surface area contributed by atoms with Gasteiger partial charge < -0.3 is 5.32 Å². The number of nitro groups is 1. The number of nitrogens with zero attached hydrogens (tertiary/aromatic N) is 2. The van der Waals surface area contributed by atoms with E-state index in [0.29, 0.717) is 23.1 Å². The predicted octanol–water partition coefficient (Wildman–Crippen LogP) is 3.16. The summed E-state index contributed by atoms with van der Waals surface area (Å²) in [7, 11) is -3.22. The smallest absolute Gasteiger partial charge is 0.278 e. The van der Waals surface area contributed by atoms with Crippen LogP contribution in [0.25, 0.3) is 10.9 Å². The van der Waals surface area contributed by atoms with Gasteiger partial charge in [0.2, 0.25) is 0 Å². The molecule has 2 aromatic carbocycles. The number of benzene rings is 2. The summed E-state index contributed by atoms with van der Waals surface area (Å²) in [4.78, 5) is 15.2. The van der Waals surface area contributed by atoms with E-state index in [2.05, 4.69) is 10.3 Å². The van der Waals surface area contributed by atoms with Gasteiger partial charge in [0.25, 0.3) is 5.69 Å². The minimum Gasteiger partial charge on any atom is -0.379 e. The van der Waals surface area contributed by atoms with Gasteiger partial charge in [-0.05, 0) is 35.9 Å². The van der Waals surface area contributed by atoms with Gasteiger partial charge in [-0.25, -0.2) is 8.42 Å². The number of nitrogens with one attached hydrogen (secondary N) is 1. The van der Waals surface area contributed by atoms with Crippen LogP contribution in [-0.2, 0) is 16.4 Å². The minimum atomic E-state index is -3.22. The second kappa shape index (κ2) is 6.48. The molecule has 0 saturated carbocycles. The predicted molar refractivity (Wildman–Crippen MR) is 95.3 cm³/mol. The summed E-state index contributed by atoms with van der Waals surface area (Å²) in [6.07, 6.45) is 2.74. The maximum absolute atomic E-state index is 11.5. The lowest BCUT2D eigenvalue weighted by Gasteiger charge is -2.10. The number of sulfone groups is 1. The van der Waals surface area contributed by atoms with Gasteiger partial charge in [0.15, 0.2) is 9.84 Å². The third-order valence-corrected chi connectivity index (χ3v) is 4.91. The van der Waals surface area contributed by atoms with E-state index in [1.165, 1.54) is 6.07 Å². The van der Waals surface area contributed by atoms with E-state index >= 15 is 0 Å². The SMILES string of the molecule is CS(=O)(=O)c1ccc(CNc2ccc([N+](=O)[O-])c3cccnc23)cc1. The standard InChI is InChI=1S/C17H15N3O4S/c1-25(23,24)13-6-4-12(5-7-13)11-19-15-8-9-16(20(21)22)14-3-2-10-18-17(14)15/h2-10,19H,11H2,1H3. The Morgan fingerprint density at radius 3 is 2.48 bits per heavy atom. The van der Waals surface area contributed by atoms with Gasteiger partial charge in [-0.3, -0.25) is 15.1 Å². The summed E-state index contributed by atoms with van der Waals surface area (Å²) >= 11 is 0. The fourth-order valence-corrected chi connectivity index (χ4v) is 3.14. The van der Waals surface area contributed by atoms with Crippen LogP contribution in [0.5, 0.6) is 0 Å². The first kappa shape index (κ1) is 16.8. The molecule has 0 atom stereocenters. The van der Waals surface area contributed by atoms with Gasteiger partial charge in [0.1, 0.15) is 5.52 Å². The molecular formula is C17H15N3O4S. The molecule has 3 aromatic rings. The van der Waals surface area contributed by atoms with Crippen LogP contribution in [0.1, 0.15) is 5.56 Å². The van der Waals surface area contributed by atoms with Crippen LogP contribution in [0.3, 0.4) is 0 Å². The quantitative estimate of drug-likeness (QED) is 0.556. The van der Waals surface area contributed by atoms with E-state index in [0.717, 1.165) is 11.8 Å². The largest absolute Gasteiger partial charge is 0.379 e. The molecule has 25 heavy (non-hydrogen) atoms. The number of rotatable bonds is 5. The van der Waals surface area contributed by atoms with Crippen molar-refractivity contribution in [2.45, 2.75) is 11.4 Å². The summed E-state index contributed by atoms with van der Waals surface area (Å²) in [5.74, 6) is 0. The van der Waals surface area contributed by atoms with Gasteiger partial charge in [-0.2, -0.15) is 0 Å². The highest BCUT2D eigenvalue weighted by Crippen LogP contribution is 2.30. The van der Waals surface area contributed by atoms with Crippen molar-refractivity contribution in [2.24, 2.45) is 0 Å². The van der Waals surface area contributed by atoms with E-state index in [9.17, 15) is 18.5 Å². The van der Waals surface area contributed by atoms with Crippen LogP contribution in [0, 0.1) is 10.1 Å². The normalized spacial score (nSPS) is 11.4. The minimum absolute atomic E-state index is 0.00570. The van der Waals surface area contributed by atoms with Crippen molar-refractivity contribution in [3.8, 4) is 0 Å². The molecule has 0 unspecified atom stereocenters. The highest BCUT2D eigenvalue weighted by molar-refractivity contribution is 7.90. The summed E-state index contributed by atoms with van der Waals surface area (Å²) in [6.45, 7) is 0.438. The van der Waals surface area contributed by atoms with Crippen LogP contribution in [-0.4, -0.2) is 24.6 Å². The lowest BCUT2D eigenvalue weighted by atomic mass is 10.1. The lowest BCUT2D eigenvalue weighted by Crippen LogP contribution is -2.03. The maximum atomic E-state index is 11.5. The number of aromatic nitrogens is 1. The Morgan fingerprint density at radius 2 is 1.84 bits per heavy atom. The number of pyridine rings is 1. The van der Waals surface area contributed by atoms with E-state index in [4.69, 9.17) is 0 Å². The van der Waals surface area contributed by atoms with Crippen molar-refractivity contribution in [3.05, 3.63) is 70.4 Å². The van der Waals surface area contributed by atoms with Crippen molar-refractivity contribution >= 4 is 32.1 Å². The van der Waals surface area contributed by atoms with E-state index < -0.39 is 14.8 Å². The second-order valence-electron chi connectivity index (χ2n) is 5.56. The van der Waals surface area contributed by atoms with Crippen LogP contribution >= 0.6 is 0 Å². The topological polar surface area (TPSA) is 102 Å². The zero-order valence-electron chi connectivity index (χ0n) is 13.3. The number of hydrogen-bond acceptors (Lipinski definition) is 6. The van der Waals surface area contributed by atoms with E-state index in [1.54, 1.807) is 48.7 Å². The van der Waals surface area contributed by atoms with Crippen LogP contribution < -0.4 is 5.32 Å². The first-order valence-electron chi connectivity index (χ1n) is 7.41. The fourth-order valence-electron chi connectivity index (χ4n) is 2.51. The van der Waals surface area contributed by atoms with Gasteiger partial charge >= 0.3 is 0 Å². The Labute approximate surface area is 144 Å². The number of non-ortho nitro benzene ring substituents is 1. The van der Waals surface area contributed by atoms with Gasteiger partial charge in [-0.1, -0.05) is 12.1 Å². The average Bonchev–Trinajstić information content (AvgIpc) is 2.59. The Kier molecular flexibility index (Phi) is 4.37. The Hall–Kier alpha value is -3.00. The van der Waals surface area contributed by atoms with Crippen molar-refractivity contribution in [1.29, 1.82) is 0 Å². The molecule has 0 fully saturated rings. The number of fused-ring (bicyclic) bond motifs is 1. The molecule has 1 aromatic heterocycles. The summed E-state index contributed by atoms with van der Waals surface area (Å²) in [6, 6.07) is 12.9. The third kappa shape index (κ3) is 3.58. The summed E-state index contributed by atoms with van der Waals surface area (Å²) in [5.41, 5.74) is 2.08. The molecule has 0 spiro atoms. The van der Waals surface area contributed by atoms with Crippen molar-refractivity contribution in [1.82, 2.24) is 4.98 Å². The summed E-state index contributed by atoms with van der Waals surface area (Å²) in [5, 5.41) is 14.8. The number of nitro benzene ring substituents is 1. The average molecular weight is 357 g/mol. The Morgan fingerprint density at radius 1 is 1.12 bits per heavy atom. The third-order valence-electron chi connectivity index (χ3n) is 3.78. The molecule has 0 amide bonds. The van der Waals surface area contributed by atoms with Gasteiger partial charge in [0.05, 0.1) is 20.9 Å². The Bertz CT molecular complexity index is 1050. The molecule has 128 valence electrons. The summed E-state index contributed by atoms with van der Waals surface area (Å²) < 4.78 is 23.0. The van der Waals surface area contributed by atoms with Crippen molar-refractivity contribution in [2.75, 3.05) is 11.6 Å². The molecule has 8 heteroatoms. The first-order valence-corrected chi connectivity index (χ1v) is 9.30. The van der Waals surface area contributed by atoms with Gasteiger partial charge in [-0.15, -0.1) is 0 Å². The first-order chi connectivity index (χ1) is 11.9. The highest BCUT2D eigenvalue weighted by Gasteiger charge is 2.14. The number of anilines is 1. The van der Waals surface area contributed by atoms with Crippen LogP contribution in [0.2, 0.25) is 0 Å². The molecular weight excluding hydrogens is 342 g/mol. The van der Waals surface area contributed by atoms with E-state index in [1.807, 2.05) is 0 Å². The van der Waals surface area contributed by atoms with Crippen molar-refractivity contribution in [3.63, 3.8) is 0 Å². The monoisotopic (exact) mass is 357 g/mol. The molecule has 1 N–H and O–H groups in total. The van der Waals surface area contributed by atoms with E-state index in [-0.39, 0.29) is 10.6 Å². The molecule has 7 nitrogen and oxygen atoms in total. The second-order valence-corrected chi connectivity index (χ2v) is 7.57. The molecule has 1 heterocycles. The highest BCUT2D eigenvalue weighted by atomic mass is 32.2. The molecule has 0 aliphatic carbocycles. The van der Waals surface area contributed by atoms with Gasteiger partial charge in [0, 0.05) is 25.1 Å². The molecule has 0 saturated heterocycles. The Balaban J connectivity index is 1.87. The molecule has 3 rings (SSSR count). The number of hydrogen-bond donors (Lipinski definition) is 1. The molecule has 0 bridgehead atoms. The maximum Gasteiger partial charge on any atom is 0.278 e. The zero-order chi connectivity index (χ0) is 18.0. The molecule has 0 radical (unpaired) electrons. The lowest BCUT2D eigenvalue weighted by molar-refractivity contribution is -0.383. The fraction of sp³-hybridized carbons (Fsp3) is 0.118. The molecule has 0 aliphatic heterocycles. The molecule has 0 aliphatic rings. The van der Waals surface area contributed by atoms with Crippen molar-refractivity contribution < 1.29 is 13.3 Å².